The second-order valence-electron chi connectivity index (χ2n) is 8.66. The van der Waals surface area contributed by atoms with Crippen LogP contribution in [0.1, 0.15) is 30.7 Å². The highest BCUT2D eigenvalue weighted by molar-refractivity contribution is 5.84. The summed E-state index contributed by atoms with van der Waals surface area (Å²) in [5.74, 6) is -0.0149. The number of aromatic nitrogens is 1. The molecule has 8 heteroatoms. The number of hydrogen-bond donors (Lipinski definition) is 1. The summed E-state index contributed by atoms with van der Waals surface area (Å²) < 4.78 is 21.4. The molecular weight excluding hydrogens is 387 g/mol. The lowest BCUT2D eigenvalue weighted by Gasteiger charge is -2.43. The normalized spacial score (nSPS) is 25.3. The largest absolute Gasteiger partial charge is 0.366 e. The predicted octanol–water partition coefficient (Wildman–Crippen LogP) is 2.21. The van der Waals surface area contributed by atoms with Crippen LogP contribution in [-0.4, -0.2) is 71.2 Å². The first-order valence-electron chi connectivity index (χ1n) is 10.7. The number of piperidine rings is 2. The molecule has 3 amide bonds. The van der Waals surface area contributed by atoms with E-state index < -0.39 is 0 Å². The van der Waals surface area contributed by atoms with E-state index in [1.165, 1.54) is 11.6 Å². The molecule has 7 nitrogen and oxygen atoms in total. The van der Waals surface area contributed by atoms with Crippen LogP contribution in [0.4, 0.5) is 9.18 Å². The number of benzene rings is 1. The number of likely N-dealkylation sites (tertiary alicyclic amines) is 2. The molecule has 2 unspecified atom stereocenters. The van der Waals surface area contributed by atoms with Crippen molar-refractivity contribution >= 4 is 22.8 Å². The van der Waals surface area contributed by atoms with Crippen molar-refractivity contribution in [3.63, 3.8) is 0 Å². The zero-order chi connectivity index (χ0) is 20.8. The van der Waals surface area contributed by atoms with E-state index in [0.717, 1.165) is 30.2 Å². The van der Waals surface area contributed by atoms with Crippen LogP contribution in [0.15, 0.2) is 24.4 Å². The number of carbonyl (C=O) groups excluding carboxylic acids is 2. The Morgan fingerprint density at radius 3 is 2.73 bits per heavy atom. The molecule has 1 aromatic heterocycles. The average molecular weight is 414 g/mol. The minimum Gasteiger partial charge on any atom is -0.366 e. The number of morpholine rings is 1. The Hall–Kier alpha value is -2.61. The third-order valence-corrected chi connectivity index (χ3v) is 6.78. The Kier molecular flexibility index (Phi) is 4.89. The minimum absolute atomic E-state index is 0.00393. The summed E-state index contributed by atoms with van der Waals surface area (Å²) in [6, 6.07) is 4.86. The van der Waals surface area contributed by atoms with Crippen LogP contribution in [0, 0.1) is 5.82 Å². The number of carbonyl (C=O) groups is 2. The number of nitrogens with one attached hydrogen (secondary N) is 1. The van der Waals surface area contributed by atoms with Crippen molar-refractivity contribution in [3.05, 3.63) is 35.8 Å². The molecular formula is C22H27FN4O3. The van der Waals surface area contributed by atoms with E-state index in [1.807, 2.05) is 27.5 Å². The Labute approximate surface area is 174 Å². The van der Waals surface area contributed by atoms with Crippen LogP contribution in [-0.2, 0) is 16.6 Å². The SMILES string of the molecule is Cn1cc(C2CCN(C(=O)N3CCC4OCC(=O)NC4C3)CC2)c2cc(F)ccc21. The van der Waals surface area contributed by atoms with Gasteiger partial charge in [0.15, 0.2) is 0 Å². The molecule has 0 spiro atoms. The third kappa shape index (κ3) is 3.43. The molecule has 5 rings (SSSR count). The first-order valence-corrected chi connectivity index (χ1v) is 10.7. The van der Waals surface area contributed by atoms with Crippen LogP contribution in [0.2, 0.25) is 0 Å². The number of ether oxygens (including phenoxy) is 1. The van der Waals surface area contributed by atoms with Gasteiger partial charge in [-0.1, -0.05) is 0 Å². The quantitative estimate of drug-likeness (QED) is 0.778. The van der Waals surface area contributed by atoms with Gasteiger partial charge in [0, 0.05) is 50.3 Å². The van der Waals surface area contributed by atoms with Gasteiger partial charge in [-0.3, -0.25) is 4.79 Å². The highest BCUT2D eigenvalue weighted by atomic mass is 19.1. The van der Waals surface area contributed by atoms with Crippen LogP contribution in [0.25, 0.3) is 10.9 Å². The van der Waals surface area contributed by atoms with E-state index in [4.69, 9.17) is 4.74 Å². The number of urea groups is 1. The summed E-state index contributed by atoms with van der Waals surface area (Å²) in [4.78, 5) is 28.4. The number of amides is 3. The van der Waals surface area contributed by atoms with Crippen LogP contribution < -0.4 is 5.32 Å². The molecule has 3 aliphatic heterocycles. The molecule has 3 fully saturated rings. The average Bonchev–Trinajstić information content (AvgIpc) is 3.08. The van der Waals surface area contributed by atoms with Gasteiger partial charge < -0.3 is 24.4 Å². The second-order valence-corrected chi connectivity index (χ2v) is 8.66. The summed E-state index contributed by atoms with van der Waals surface area (Å²) >= 11 is 0. The van der Waals surface area contributed by atoms with Crippen LogP contribution >= 0.6 is 0 Å². The lowest BCUT2D eigenvalue weighted by atomic mass is 9.89. The first-order chi connectivity index (χ1) is 14.5. The fourth-order valence-corrected chi connectivity index (χ4v) is 5.18. The standard InChI is InChI=1S/C22H27FN4O3/c1-25-11-17(16-10-15(23)2-3-19(16)25)14-4-7-26(8-5-14)22(29)27-9-6-20-18(12-27)24-21(28)13-30-20/h2-3,10-11,14,18,20H,4-9,12-13H2,1H3,(H,24,28). The van der Waals surface area contributed by atoms with Gasteiger partial charge >= 0.3 is 6.03 Å². The van der Waals surface area contributed by atoms with Crippen molar-refractivity contribution in [2.75, 3.05) is 32.8 Å². The van der Waals surface area contributed by atoms with Gasteiger partial charge in [0.05, 0.1) is 12.1 Å². The summed E-state index contributed by atoms with van der Waals surface area (Å²) in [6.45, 7) is 2.63. The maximum absolute atomic E-state index is 13.8. The van der Waals surface area contributed by atoms with Crippen molar-refractivity contribution in [3.8, 4) is 0 Å². The molecule has 3 saturated heterocycles. The van der Waals surface area contributed by atoms with Crippen molar-refractivity contribution in [1.29, 1.82) is 0 Å². The number of aryl methyl sites for hydroxylation is 1. The molecule has 160 valence electrons. The van der Waals surface area contributed by atoms with E-state index in [9.17, 15) is 14.0 Å². The van der Waals surface area contributed by atoms with Gasteiger partial charge in [-0.15, -0.1) is 0 Å². The molecule has 2 atom stereocenters. The molecule has 0 bridgehead atoms. The molecule has 30 heavy (non-hydrogen) atoms. The molecule has 1 aromatic carbocycles. The zero-order valence-electron chi connectivity index (χ0n) is 17.1. The fourth-order valence-electron chi connectivity index (χ4n) is 5.18. The Morgan fingerprint density at radius 1 is 1.17 bits per heavy atom. The zero-order valence-corrected chi connectivity index (χ0v) is 17.1. The van der Waals surface area contributed by atoms with Gasteiger partial charge in [-0.2, -0.15) is 0 Å². The molecule has 0 saturated carbocycles. The van der Waals surface area contributed by atoms with E-state index in [1.54, 1.807) is 6.07 Å². The second kappa shape index (κ2) is 7.58. The van der Waals surface area contributed by atoms with Crippen molar-refractivity contribution in [1.82, 2.24) is 19.7 Å². The van der Waals surface area contributed by atoms with E-state index in [-0.39, 0.29) is 36.5 Å². The van der Waals surface area contributed by atoms with E-state index >= 15 is 0 Å². The summed E-state index contributed by atoms with van der Waals surface area (Å²) in [7, 11) is 1.99. The van der Waals surface area contributed by atoms with E-state index in [0.29, 0.717) is 32.1 Å². The predicted molar refractivity (Wildman–Crippen MR) is 110 cm³/mol. The number of halogens is 1. The van der Waals surface area contributed by atoms with Crippen molar-refractivity contribution < 1.29 is 18.7 Å². The van der Waals surface area contributed by atoms with Gasteiger partial charge in [0.1, 0.15) is 12.4 Å². The lowest BCUT2D eigenvalue weighted by Crippen LogP contribution is -2.62. The van der Waals surface area contributed by atoms with Crippen molar-refractivity contribution in [2.24, 2.45) is 7.05 Å². The lowest BCUT2D eigenvalue weighted by molar-refractivity contribution is -0.139. The maximum Gasteiger partial charge on any atom is 0.320 e. The minimum atomic E-state index is -0.218. The maximum atomic E-state index is 13.8. The molecule has 0 radical (unpaired) electrons. The summed E-state index contributed by atoms with van der Waals surface area (Å²) in [5, 5.41) is 3.92. The van der Waals surface area contributed by atoms with Gasteiger partial charge in [0.2, 0.25) is 5.91 Å². The van der Waals surface area contributed by atoms with Gasteiger partial charge in [0.25, 0.3) is 0 Å². The van der Waals surface area contributed by atoms with Crippen LogP contribution in [0.3, 0.4) is 0 Å². The van der Waals surface area contributed by atoms with E-state index in [2.05, 4.69) is 11.5 Å². The van der Waals surface area contributed by atoms with Crippen molar-refractivity contribution in [2.45, 2.75) is 37.3 Å². The molecule has 1 N–H and O–H groups in total. The summed E-state index contributed by atoms with van der Waals surface area (Å²) in [5.41, 5.74) is 2.20. The molecule has 2 aromatic rings. The molecule has 0 aliphatic carbocycles. The highest BCUT2D eigenvalue weighted by Crippen LogP contribution is 2.35. The first kappa shape index (κ1) is 19.4. The number of fused-ring (bicyclic) bond motifs is 2. The van der Waals surface area contributed by atoms with Crippen LogP contribution in [0.5, 0.6) is 0 Å². The monoisotopic (exact) mass is 414 g/mol. The highest BCUT2D eigenvalue weighted by Gasteiger charge is 2.38. The topological polar surface area (TPSA) is 66.8 Å². The molecule has 3 aliphatic rings. The Bertz CT molecular complexity index is 982. The fraction of sp³-hybridized carbons (Fsp3) is 0.545. The van der Waals surface area contributed by atoms with Gasteiger partial charge in [-0.05, 0) is 48.9 Å². The number of hydrogen-bond acceptors (Lipinski definition) is 3. The Morgan fingerprint density at radius 2 is 1.93 bits per heavy atom. The molecule has 4 heterocycles. The third-order valence-electron chi connectivity index (χ3n) is 6.78. The number of nitrogens with zero attached hydrogens (tertiary/aromatic N) is 3. The summed E-state index contributed by atoms with van der Waals surface area (Å²) in [6.07, 6.45) is 4.57. The Balaban J connectivity index is 1.24. The smallest absolute Gasteiger partial charge is 0.320 e. The number of rotatable bonds is 1. The van der Waals surface area contributed by atoms with Gasteiger partial charge in [-0.25, -0.2) is 9.18 Å².